The van der Waals surface area contributed by atoms with Crippen LogP contribution in [0.3, 0.4) is 0 Å². The van der Waals surface area contributed by atoms with E-state index in [1.54, 1.807) is 16.6 Å². The predicted molar refractivity (Wildman–Crippen MR) is 119 cm³/mol. The van der Waals surface area contributed by atoms with Crippen LogP contribution in [0.5, 0.6) is 0 Å². The maximum atomic E-state index is 12.8. The number of cyclic esters (lactones) is 1. The molecule has 0 saturated heterocycles. The fourth-order valence-corrected chi connectivity index (χ4v) is 3.51. The van der Waals surface area contributed by atoms with Crippen LogP contribution in [0.1, 0.15) is 42.7 Å². The maximum Gasteiger partial charge on any atom is 0.305 e. The Morgan fingerprint density at radius 2 is 2.06 bits per heavy atom. The summed E-state index contributed by atoms with van der Waals surface area (Å²) in [5, 5.41) is 11.7. The number of rotatable bonds is 3. The lowest BCUT2D eigenvalue weighted by atomic mass is 10.0. The molecule has 1 aromatic carbocycles. The van der Waals surface area contributed by atoms with Gasteiger partial charge in [-0.15, -0.1) is 5.10 Å². The Balaban J connectivity index is 1.70. The first-order valence-corrected chi connectivity index (χ1v) is 11.1. The second kappa shape index (κ2) is 11.7. The van der Waals surface area contributed by atoms with Crippen molar-refractivity contribution in [3.05, 3.63) is 47.8 Å². The maximum absolute atomic E-state index is 12.8. The number of ether oxygens (including phenoxy) is 2. The van der Waals surface area contributed by atoms with E-state index in [2.05, 4.69) is 22.6 Å². The fourth-order valence-electron chi connectivity index (χ4n) is 3.51. The monoisotopic (exact) mass is 443 g/mol. The van der Waals surface area contributed by atoms with Crippen LogP contribution in [0, 0.1) is 5.92 Å². The van der Waals surface area contributed by atoms with Gasteiger partial charge >= 0.3 is 5.97 Å². The van der Waals surface area contributed by atoms with Crippen LogP contribution in [0.15, 0.2) is 36.5 Å². The molecule has 0 fully saturated rings. The Labute approximate surface area is 189 Å². The van der Waals surface area contributed by atoms with Crippen molar-refractivity contribution >= 4 is 11.9 Å². The van der Waals surface area contributed by atoms with Gasteiger partial charge in [0, 0.05) is 44.7 Å². The summed E-state index contributed by atoms with van der Waals surface area (Å²) in [5.41, 5.74) is 1.36. The number of carbonyl (C=O) groups is 2. The van der Waals surface area contributed by atoms with Crippen molar-refractivity contribution in [1.82, 2.24) is 25.2 Å². The van der Waals surface area contributed by atoms with Crippen LogP contribution in [0.2, 0.25) is 0 Å². The van der Waals surface area contributed by atoms with Gasteiger partial charge in [-0.2, -0.15) is 0 Å². The first-order valence-electron chi connectivity index (χ1n) is 11.1. The number of nitrogens with zero attached hydrogens (tertiary/aromatic N) is 4. The number of hydrogen-bond acceptors (Lipinski definition) is 7. The summed E-state index contributed by atoms with van der Waals surface area (Å²) in [7, 11) is 1.79. The molecule has 2 heterocycles. The number of likely N-dealkylation sites (N-methyl/N-ethyl adjacent to an activating group) is 1. The van der Waals surface area contributed by atoms with E-state index in [0.29, 0.717) is 51.3 Å². The molecule has 0 unspecified atom stereocenters. The van der Waals surface area contributed by atoms with Crippen molar-refractivity contribution in [3.63, 3.8) is 0 Å². The number of hydrogen-bond donors (Lipinski definition) is 1. The van der Waals surface area contributed by atoms with E-state index < -0.39 is 0 Å². The number of aryl methyl sites for hydroxylation is 1. The molecule has 9 nitrogen and oxygen atoms in total. The van der Waals surface area contributed by atoms with Crippen molar-refractivity contribution in [3.8, 4) is 0 Å². The molecule has 3 atom stereocenters. The summed E-state index contributed by atoms with van der Waals surface area (Å²) < 4.78 is 13.3. The Bertz CT molecular complexity index is 872. The zero-order chi connectivity index (χ0) is 22.9. The van der Waals surface area contributed by atoms with Gasteiger partial charge < -0.3 is 19.7 Å². The molecule has 1 amide bonds. The van der Waals surface area contributed by atoms with Gasteiger partial charge in [0.05, 0.1) is 18.9 Å². The van der Waals surface area contributed by atoms with E-state index in [-0.39, 0.29) is 29.9 Å². The van der Waals surface area contributed by atoms with Gasteiger partial charge in [0.1, 0.15) is 12.3 Å². The van der Waals surface area contributed by atoms with Crippen LogP contribution in [0.4, 0.5) is 0 Å². The molecule has 1 N–H and O–H groups in total. The number of fused-ring (bicyclic) bond motifs is 2. The molecule has 0 saturated carbocycles. The van der Waals surface area contributed by atoms with Gasteiger partial charge in [0.15, 0.2) is 0 Å². The zero-order valence-electron chi connectivity index (χ0n) is 19.1. The molecule has 1 aliphatic rings. The lowest BCUT2D eigenvalue weighted by Gasteiger charge is -2.30. The molecule has 174 valence electrons. The number of benzene rings is 1. The molecule has 9 heteroatoms. The first kappa shape index (κ1) is 23.9. The van der Waals surface area contributed by atoms with E-state index in [4.69, 9.17) is 9.47 Å². The quantitative estimate of drug-likeness (QED) is 0.723. The summed E-state index contributed by atoms with van der Waals surface area (Å²) in [5.74, 6) is -0.156. The van der Waals surface area contributed by atoms with Crippen LogP contribution in [-0.4, -0.2) is 70.7 Å². The lowest BCUT2D eigenvalue weighted by molar-refractivity contribution is -0.144. The van der Waals surface area contributed by atoms with Crippen molar-refractivity contribution in [2.45, 2.75) is 52.0 Å². The highest BCUT2D eigenvalue weighted by Gasteiger charge is 2.24. The number of amides is 1. The van der Waals surface area contributed by atoms with Crippen molar-refractivity contribution < 1.29 is 19.1 Å². The minimum absolute atomic E-state index is 0.0197. The topological polar surface area (TPSA) is 98.6 Å². The Morgan fingerprint density at radius 3 is 2.84 bits per heavy atom. The molecule has 1 aliphatic heterocycles. The van der Waals surface area contributed by atoms with E-state index in [1.165, 1.54) is 0 Å². The molecule has 3 rings (SSSR count). The van der Waals surface area contributed by atoms with Crippen molar-refractivity contribution in [2.75, 3.05) is 26.7 Å². The molecule has 1 aromatic heterocycles. The molecule has 32 heavy (non-hydrogen) atoms. The molecule has 0 radical (unpaired) electrons. The summed E-state index contributed by atoms with van der Waals surface area (Å²) >= 11 is 0. The van der Waals surface area contributed by atoms with Crippen molar-refractivity contribution in [2.24, 2.45) is 5.92 Å². The lowest BCUT2D eigenvalue weighted by Crippen LogP contribution is -2.43. The van der Waals surface area contributed by atoms with Gasteiger partial charge in [-0.05, 0) is 31.4 Å². The SMILES string of the molecule is C[C@@H]1COC(=O)CCCn2cc(nn2)CO[C@H](CN(C)C(=O)c2ccccc2)[C@H](C)CN1. The second-order valence-electron chi connectivity index (χ2n) is 8.45. The van der Waals surface area contributed by atoms with Gasteiger partial charge in [-0.3, -0.25) is 14.3 Å². The highest BCUT2D eigenvalue weighted by Crippen LogP contribution is 2.14. The molecule has 0 aliphatic carbocycles. The highest BCUT2D eigenvalue weighted by atomic mass is 16.5. The third-order valence-electron chi connectivity index (χ3n) is 5.54. The predicted octanol–water partition coefficient (Wildman–Crippen LogP) is 1.89. The fraction of sp³-hybridized carbons (Fsp3) is 0.565. The van der Waals surface area contributed by atoms with E-state index in [9.17, 15) is 9.59 Å². The Morgan fingerprint density at radius 1 is 1.28 bits per heavy atom. The normalized spacial score (nSPS) is 23.3. The minimum atomic E-state index is -0.215. The zero-order valence-corrected chi connectivity index (χ0v) is 19.1. The number of aromatic nitrogens is 3. The van der Waals surface area contributed by atoms with Gasteiger partial charge in [-0.1, -0.05) is 30.3 Å². The summed E-state index contributed by atoms with van der Waals surface area (Å²) in [6, 6.07) is 9.24. The van der Waals surface area contributed by atoms with E-state index in [1.807, 2.05) is 43.5 Å². The number of nitrogens with one attached hydrogen (secondary N) is 1. The summed E-state index contributed by atoms with van der Waals surface area (Å²) in [6.07, 6.45) is 2.60. The molecular formula is C23H33N5O4. The molecule has 2 bridgehead atoms. The van der Waals surface area contributed by atoms with Crippen LogP contribution in [0.25, 0.3) is 0 Å². The minimum Gasteiger partial charge on any atom is -0.464 e. The summed E-state index contributed by atoms with van der Waals surface area (Å²) in [4.78, 5) is 26.5. The van der Waals surface area contributed by atoms with E-state index in [0.717, 1.165) is 5.69 Å². The van der Waals surface area contributed by atoms with Crippen LogP contribution < -0.4 is 5.32 Å². The molecule has 2 aromatic rings. The summed E-state index contributed by atoms with van der Waals surface area (Å²) in [6.45, 7) is 6.37. The third-order valence-corrected chi connectivity index (χ3v) is 5.54. The number of esters is 1. The van der Waals surface area contributed by atoms with Crippen LogP contribution >= 0.6 is 0 Å². The average molecular weight is 444 g/mol. The standard InChI is InChI=1S/C23H33N5O4/c1-17-12-24-18(2)15-32-22(29)10-7-11-28-13-20(25-26-28)16-31-21(17)14-27(3)23(30)19-8-5-4-6-9-19/h4-6,8-9,13,17-18,21,24H,7,10-12,14-16H2,1-3H3/t17-,18-,21-/m1/s1. The highest BCUT2D eigenvalue weighted by molar-refractivity contribution is 5.94. The van der Waals surface area contributed by atoms with Gasteiger partial charge in [0.2, 0.25) is 0 Å². The second-order valence-corrected chi connectivity index (χ2v) is 8.45. The van der Waals surface area contributed by atoms with Gasteiger partial charge in [-0.25, -0.2) is 0 Å². The van der Waals surface area contributed by atoms with Gasteiger partial charge in [0.25, 0.3) is 5.91 Å². The average Bonchev–Trinajstić information content (AvgIpc) is 3.25. The largest absolute Gasteiger partial charge is 0.464 e. The molecule has 0 spiro atoms. The van der Waals surface area contributed by atoms with Crippen molar-refractivity contribution in [1.29, 1.82) is 0 Å². The number of carbonyl (C=O) groups excluding carboxylic acids is 2. The smallest absolute Gasteiger partial charge is 0.305 e. The first-order chi connectivity index (χ1) is 15.4. The third kappa shape index (κ3) is 7.13. The molecular weight excluding hydrogens is 410 g/mol. The van der Waals surface area contributed by atoms with Crippen LogP contribution in [-0.2, 0) is 27.4 Å². The van der Waals surface area contributed by atoms with E-state index >= 15 is 0 Å². The Kier molecular flexibility index (Phi) is 8.75. The Hall–Kier alpha value is -2.78.